The maximum Gasteiger partial charge on any atom is 0.313 e. The van der Waals surface area contributed by atoms with E-state index in [9.17, 15) is 9.59 Å². The van der Waals surface area contributed by atoms with Crippen molar-refractivity contribution in [3.8, 4) is 11.5 Å². The summed E-state index contributed by atoms with van der Waals surface area (Å²) in [4.78, 5) is 25.9. The van der Waals surface area contributed by atoms with Gasteiger partial charge in [0.1, 0.15) is 0 Å². The molecule has 0 bridgehead atoms. The fraction of sp³-hybridized carbons (Fsp3) is 0.529. The number of likely N-dealkylation sites (tertiary alicyclic amines) is 1. The lowest BCUT2D eigenvalue weighted by Gasteiger charge is -2.25. The zero-order valence-corrected chi connectivity index (χ0v) is 13.8. The van der Waals surface area contributed by atoms with Crippen LogP contribution in [-0.4, -0.2) is 43.0 Å². The average Bonchev–Trinajstić information content (AvgIpc) is 2.57. The molecule has 6 nitrogen and oxygen atoms in total. The number of nitrogens with one attached hydrogen (secondary N) is 1. The molecule has 0 aromatic heterocycles. The maximum atomic E-state index is 12.1. The topological polar surface area (TPSA) is 67.9 Å². The van der Waals surface area contributed by atoms with Gasteiger partial charge in [-0.1, -0.05) is 0 Å². The van der Waals surface area contributed by atoms with E-state index in [4.69, 9.17) is 9.47 Å². The molecule has 1 aliphatic heterocycles. The highest BCUT2D eigenvalue weighted by atomic mass is 16.5. The molecular formula is C17H24N2O4. The number of rotatable bonds is 5. The largest absolute Gasteiger partial charge is 0.490 e. The number of benzene rings is 1. The van der Waals surface area contributed by atoms with Crippen molar-refractivity contribution in [3.63, 3.8) is 0 Å². The van der Waals surface area contributed by atoms with E-state index in [0.29, 0.717) is 43.5 Å². The minimum Gasteiger partial charge on any atom is -0.490 e. The van der Waals surface area contributed by atoms with Gasteiger partial charge in [-0.15, -0.1) is 0 Å². The third-order valence-corrected chi connectivity index (χ3v) is 3.64. The van der Waals surface area contributed by atoms with Crippen LogP contribution in [0.25, 0.3) is 0 Å². The van der Waals surface area contributed by atoms with E-state index in [-0.39, 0.29) is 0 Å². The molecule has 0 atom stereocenters. The number of nitrogens with zero attached hydrogens (tertiary/aromatic N) is 1. The van der Waals surface area contributed by atoms with Gasteiger partial charge in [0.05, 0.1) is 13.2 Å². The predicted molar refractivity (Wildman–Crippen MR) is 87.8 cm³/mol. The molecule has 2 amide bonds. The van der Waals surface area contributed by atoms with Gasteiger partial charge in [0, 0.05) is 24.8 Å². The first kappa shape index (κ1) is 17.1. The quantitative estimate of drug-likeness (QED) is 0.846. The van der Waals surface area contributed by atoms with Crippen molar-refractivity contribution in [2.45, 2.75) is 33.1 Å². The Labute approximate surface area is 136 Å². The molecule has 0 spiro atoms. The first-order valence-corrected chi connectivity index (χ1v) is 8.15. The normalized spacial score (nSPS) is 14.3. The van der Waals surface area contributed by atoms with E-state index in [1.807, 2.05) is 13.8 Å². The predicted octanol–water partition coefficient (Wildman–Crippen LogP) is 2.44. The van der Waals surface area contributed by atoms with Crippen molar-refractivity contribution < 1.29 is 19.1 Å². The molecule has 0 aliphatic carbocycles. The van der Waals surface area contributed by atoms with Crippen molar-refractivity contribution in [1.29, 1.82) is 0 Å². The van der Waals surface area contributed by atoms with Crippen LogP contribution in [0, 0.1) is 0 Å². The van der Waals surface area contributed by atoms with Crippen LogP contribution in [-0.2, 0) is 9.59 Å². The summed E-state index contributed by atoms with van der Waals surface area (Å²) >= 11 is 0. The lowest BCUT2D eigenvalue weighted by Crippen LogP contribution is -2.42. The molecule has 1 heterocycles. The number of hydrogen-bond donors (Lipinski definition) is 1. The van der Waals surface area contributed by atoms with Crippen LogP contribution in [0.1, 0.15) is 33.1 Å². The first-order chi connectivity index (χ1) is 11.2. The Morgan fingerprint density at radius 2 is 1.70 bits per heavy atom. The summed E-state index contributed by atoms with van der Waals surface area (Å²) in [5.74, 6) is 0.0855. The van der Waals surface area contributed by atoms with Gasteiger partial charge in [-0.3, -0.25) is 9.59 Å². The minimum atomic E-state index is -0.612. The summed E-state index contributed by atoms with van der Waals surface area (Å²) in [6.45, 7) is 6.09. The fourth-order valence-corrected chi connectivity index (χ4v) is 2.55. The Balaban J connectivity index is 2.04. The van der Waals surface area contributed by atoms with Gasteiger partial charge >= 0.3 is 11.8 Å². The van der Waals surface area contributed by atoms with Crippen molar-refractivity contribution >= 4 is 17.5 Å². The molecule has 0 unspecified atom stereocenters. The van der Waals surface area contributed by atoms with Gasteiger partial charge in [0.2, 0.25) is 0 Å². The summed E-state index contributed by atoms with van der Waals surface area (Å²) in [7, 11) is 0. The van der Waals surface area contributed by atoms with Crippen LogP contribution >= 0.6 is 0 Å². The smallest absolute Gasteiger partial charge is 0.313 e. The third-order valence-electron chi connectivity index (χ3n) is 3.64. The summed E-state index contributed by atoms with van der Waals surface area (Å²) in [5.41, 5.74) is 0.521. The zero-order valence-electron chi connectivity index (χ0n) is 13.8. The Bertz CT molecular complexity index is 554. The SMILES string of the molecule is CCOc1ccc(NC(=O)C(=O)N2CCCCC2)cc1OCC. The first-order valence-electron chi connectivity index (χ1n) is 8.15. The molecule has 1 fully saturated rings. The fourth-order valence-electron chi connectivity index (χ4n) is 2.55. The highest BCUT2D eigenvalue weighted by Crippen LogP contribution is 2.30. The van der Waals surface area contributed by atoms with Crippen LogP contribution in [0.2, 0.25) is 0 Å². The van der Waals surface area contributed by atoms with Crippen LogP contribution in [0.3, 0.4) is 0 Å². The van der Waals surface area contributed by atoms with Gasteiger partial charge < -0.3 is 19.7 Å². The van der Waals surface area contributed by atoms with Gasteiger partial charge in [-0.2, -0.15) is 0 Å². The number of hydrogen-bond acceptors (Lipinski definition) is 4. The molecule has 1 aromatic carbocycles. The molecule has 1 aliphatic rings. The second kappa shape index (κ2) is 8.41. The number of amides is 2. The summed E-state index contributed by atoms with van der Waals surface area (Å²) < 4.78 is 11.0. The van der Waals surface area contributed by atoms with E-state index in [1.165, 1.54) is 0 Å². The molecule has 126 valence electrons. The van der Waals surface area contributed by atoms with Crippen molar-refractivity contribution in [2.24, 2.45) is 0 Å². The molecule has 23 heavy (non-hydrogen) atoms. The summed E-state index contributed by atoms with van der Waals surface area (Å²) in [6, 6.07) is 5.11. The van der Waals surface area contributed by atoms with Crippen LogP contribution < -0.4 is 14.8 Å². The minimum absolute atomic E-state index is 0.475. The number of anilines is 1. The molecule has 1 saturated heterocycles. The number of carbonyl (C=O) groups is 2. The van der Waals surface area contributed by atoms with Gasteiger partial charge in [0.15, 0.2) is 11.5 Å². The Kier molecular flexibility index (Phi) is 6.26. The Morgan fingerprint density at radius 1 is 1.04 bits per heavy atom. The monoisotopic (exact) mass is 320 g/mol. The van der Waals surface area contributed by atoms with Crippen molar-refractivity contribution in [1.82, 2.24) is 4.90 Å². The van der Waals surface area contributed by atoms with Crippen LogP contribution in [0.15, 0.2) is 18.2 Å². The maximum absolute atomic E-state index is 12.1. The van der Waals surface area contributed by atoms with E-state index >= 15 is 0 Å². The molecule has 2 rings (SSSR count). The van der Waals surface area contributed by atoms with Gasteiger partial charge in [-0.25, -0.2) is 0 Å². The molecular weight excluding hydrogens is 296 g/mol. The van der Waals surface area contributed by atoms with Crippen LogP contribution in [0.5, 0.6) is 11.5 Å². The van der Waals surface area contributed by atoms with Gasteiger partial charge in [0.25, 0.3) is 0 Å². The zero-order chi connectivity index (χ0) is 16.7. The van der Waals surface area contributed by atoms with Gasteiger partial charge in [-0.05, 0) is 45.2 Å². The standard InChI is InChI=1S/C17H24N2O4/c1-3-22-14-9-8-13(12-15(14)23-4-2)18-16(20)17(21)19-10-6-5-7-11-19/h8-9,12H,3-7,10-11H2,1-2H3,(H,18,20). The number of carbonyl (C=O) groups excluding carboxylic acids is 2. The Hall–Kier alpha value is -2.24. The average molecular weight is 320 g/mol. The molecule has 0 saturated carbocycles. The third kappa shape index (κ3) is 4.61. The van der Waals surface area contributed by atoms with Crippen molar-refractivity contribution in [3.05, 3.63) is 18.2 Å². The lowest BCUT2D eigenvalue weighted by molar-refractivity contribution is -0.143. The molecule has 0 radical (unpaired) electrons. The number of piperidine rings is 1. The Morgan fingerprint density at radius 3 is 2.35 bits per heavy atom. The van der Waals surface area contributed by atoms with E-state index < -0.39 is 11.8 Å². The second-order valence-electron chi connectivity index (χ2n) is 5.33. The summed E-state index contributed by atoms with van der Waals surface area (Å²) in [5, 5.41) is 2.64. The van der Waals surface area contributed by atoms with E-state index in [2.05, 4.69) is 5.32 Å². The number of ether oxygens (including phenoxy) is 2. The van der Waals surface area contributed by atoms with Crippen molar-refractivity contribution in [2.75, 3.05) is 31.6 Å². The molecule has 1 N–H and O–H groups in total. The highest BCUT2D eigenvalue weighted by Gasteiger charge is 2.23. The molecule has 6 heteroatoms. The van der Waals surface area contributed by atoms with E-state index in [0.717, 1.165) is 19.3 Å². The lowest BCUT2D eigenvalue weighted by atomic mass is 10.1. The molecule has 1 aromatic rings. The second-order valence-corrected chi connectivity index (χ2v) is 5.33. The van der Waals surface area contributed by atoms with Crippen LogP contribution in [0.4, 0.5) is 5.69 Å². The summed E-state index contributed by atoms with van der Waals surface area (Å²) in [6.07, 6.45) is 3.02. The highest BCUT2D eigenvalue weighted by molar-refractivity contribution is 6.39. The van der Waals surface area contributed by atoms with E-state index in [1.54, 1.807) is 23.1 Å².